The van der Waals surface area contributed by atoms with E-state index in [1.165, 1.54) is 25.7 Å². The number of hydrogen-bond donors (Lipinski definition) is 1. The first kappa shape index (κ1) is 22.2. The van der Waals surface area contributed by atoms with Gasteiger partial charge in [-0.2, -0.15) is 0 Å². The third-order valence-electron chi connectivity index (χ3n) is 2.79. The molecule has 0 radical (unpaired) electrons. The molecule has 0 aliphatic rings. The van der Waals surface area contributed by atoms with Crippen LogP contribution in [0.15, 0.2) is 0 Å². The zero-order valence-corrected chi connectivity index (χ0v) is 14.2. The fraction of sp³-hybridized carbons (Fsp3) is 1.00. The summed E-state index contributed by atoms with van der Waals surface area (Å²) in [6, 6.07) is 0. The normalized spacial score (nSPS) is 10.2. The van der Waals surface area contributed by atoms with E-state index in [0.29, 0.717) is 6.61 Å². The van der Waals surface area contributed by atoms with E-state index in [9.17, 15) is 0 Å². The van der Waals surface area contributed by atoms with Crippen molar-refractivity contribution in [2.24, 2.45) is 0 Å². The van der Waals surface area contributed by atoms with E-state index in [4.69, 9.17) is 14.6 Å². The van der Waals surface area contributed by atoms with Gasteiger partial charge in [0.2, 0.25) is 0 Å². The molecule has 3 nitrogen and oxygen atoms in total. The van der Waals surface area contributed by atoms with Crippen molar-refractivity contribution in [2.75, 3.05) is 33.0 Å². The molecule has 0 saturated carbocycles. The molecule has 3 heteroatoms. The molecular weight excluding hydrogens is 252 g/mol. The van der Waals surface area contributed by atoms with Crippen LogP contribution < -0.4 is 0 Å². The predicted molar refractivity (Wildman–Crippen MR) is 87.3 cm³/mol. The van der Waals surface area contributed by atoms with Crippen LogP contribution in [-0.2, 0) is 9.47 Å². The minimum atomic E-state index is 0.313. The molecule has 0 saturated heterocycles. The molecule has 124 valence electrons. The number of ether oxygens (including phenoxy) is 2. The van der Waals surface area contributed by atoms with Gasteiger partial charge in [-0.3, -0.25) is 0 Å². The number of hydrogen-bond acceptors (Lipinski definition) is 3. The lowest BCUT2D eigenvalue weighted by Gasteiger charge is -2.00. The van der Waals surface area contributed by atoms with E-state index in [0.717, 1.165) is 58.5 Å². The van der Waals surface area contributed by atoms with Gasteiger partial charge >= 0.3 is 0 Å². The molecule has 0 aromatic rings. The van der Waals surface area contributed by atoms with E-state index < -0.39 is 0 Å². The minimum Gasteiger partial charge on any atom is -0.396 e. The summed E-state index contributed by atoms with van der Waals surface area (Å²) in [7, 11) is 0. The van der Waals surface area contributed by atoms with Crippen LogP contribution in [0.1, 0.15) is 78.6 Å². The highest BCUT2D eigenvalue weighted by molar-refractivity contribution is 4.39. The second-order valence-electron chi connectivity index (χ2n) is 5.07. The van der Waals surface area contributed by atoms with Crippen molar-refractivity contribution in [1.29, 1.82) is 0 Å². The molecule has 0 heterocycles. The highest BCUT2D eigenvalue weighted by atomic mass is 16.5. The Morgan fingerprint density at radius 2 is 1.05 bits per heavy atom. The SMILES string of the molecule is CCCCCCOCCC.CCCOCCCCCO. The van der Waals surface area contributed by atoms with Crippen LogP contribution in [-0.4, -0.2) is 38.1 Å². The van der Waals surface area contributed by atoms with E-state index in [1.54, 1.807) is 0 Å². The monoisotopic (exact) mass is 290 g/mol. The third-order valence-corrected chi connectivity index (χ3v) is 2.79. The van der Waals surface area contributed by atoms with Crippen LogP contribution in [0.2, 0.25) is 0 Å². The fourth-order valence-corrected chi connectivity index (χ4v) is 1.62. The molecule has 20 heavy (non-hydrogen) atoms. The molecule has 0 bridgehead atoms. The maximum absolute atomic E-state index is 8.43. The van der Waals surface area contributed by atoms with Crippen LogP contribution in [0.3, 0.4) is 0 Å². The predicted octanol–water partition coefficient (Wildman–Crippen LogP) is 4.57. The Labute approximate surface area is 127 Å². The molecule has 0 rings (SSSR count). The van der Waals surface area contributed by atoms with Gasteiger partial charge in [-0.1, -0.05) is 40.0 Å². The molecule has 0 unspecified atom stereocenters. The van der Waals surface area contributed by atoms with Crippen LogP contribution in [0, 0.1) is 0 Å². The summed E-state index contributed by atoms with van der Waals surface area (Å²) >= 11 is 0. The van der Waals surface area contributed by atoms with Gasteiger partial charge in [0.25, 0.3) is 0 Å². The summed E-state index contributed by atoms with van der Waals surface area (Å²) in [5.41, 5.74) is 0. The van der Waals surface area contributed by atoms with E-state index >= 15 is 0 Å². The van der Waals surface area contributed by atoms with Gasteiger partial charge in [-0.15, -0.1) is 0 Å². The van der Waals surface area contributed by atoms with Crippen molar-refractivity contribution in [3.8, 4) is 0 Å². The zero-order chi connectivity index (χ0) is 15.3. The average Bonchev–Trinajstić information content (AvgIpc) is 2.47. The standard InChI is InChI=1S/C9H20O.C8H18O2/c1-3-5-6-7-9-10-8-4-2;1-2-7-10-8-5-3-4-6-9/h3-9H2,1-2H3;9H,2-8H2,1H3. The second-order valence-corrected chi connectivity index (χ2v) is 5.07. The Kier molecular flexibility index (Phi) is 26.5. The van der Waals surface area contributed by atoms with Crippen LogP contribution in [0.4, 0.5) is 0 Å². The Balaban J connectivity index is 0. The molecule has 0 atom stereocenters. The largest absolute Gasteiger partial charge is 0.396 e. The van der Waals surface area contributed by atoms with Crippen LogP contribution >= 0.6 is 0 Å². The summed E-state index contributed by atoms with van der Waals surface area (Å²) in [6.07, 6.45) is 10.6. The first-order valence-corrected chi connectivity index (χ1v) is 8.59. The maximum atomic E-state index is 8.43. The molecule has 0 aliphatic heterocycles. The molecule has 0 aromatic carbocycles. The number of aliphatic hydroxyl groups excluding tert-OH is 1. The van der Waals surface area contributed by atoms with E-state index in [2.05, 4.69) is 20.8 Å². The van der Waals surface area contributed by atoms with Gasteiger partial charge in [-0.25, -0.2) is 0 Å². The van der Waals surface area contributed by atoms with Crippen molar-refractivity contribution >= 4 is 0 Å². The molecule has 0 fully saturated rings. The van der Waals surface area contributed by atoms with E-state index in [-0.39, 0.29) is 0 Å². The summed E-state index contributed by atoms with van der Waals surface area (Å²) in [4.78, 5) is 0. The molecule has 0 aliphatic carbocycles. The molecule has 0 spiro atoms. The first-order valence-electron chi connectivity index (χ1n) is 8.59. The van der Waals surface area contributed by atoms with Crippen molar-refractivity contribution < 1.29 is 14.6 Å². The number of unbranched alkanes of at least 4 members (excludes halogenated alkanes) is 5. The van der Waals surface area contributed by atoms with Crippen molar-refractivity contribution in [3.63, 3.8) is 0 Å². The molecule has 0 aromatic heterocycles. The topological polar surface area (TPSA) is 38.7 Å². The molecule has 1 N–H and O–H groups in total. The summed E-state index contributed by atoms with van der Waals surface area (Å²) in [5, 5.41) is 8.43. The zero-order valence-electron chi connectivity index (χ0n) is 14.2. The second kappa shape index (κ2) is 23.9. The summed E-state index contributed by atoms with van der Waals surface area (Å²) in [5.74, 6) is 0. The van der Waals surface area contributed by atoms with E-state index in [1.807, 2.05) is 0 Å². The van der Waals surface area contributed by atoms with Crippen molar-refractivity contribution in [1.82, 2.24) is 0 Å². The van der Waals surface area contributed by atoms with Gasteiger partial charge in [0, 0.05) is 33.0 Å². The number of rotatable bonds is 14. The summed E-state index contributed by atoms with van der Waals surface area (Å²) < 4.78 is 10.6. The molecular formula is C17H38O3. The lowest BCUT2D eigenvalue weighted by molar-refractivity contribution is 0.129. The minimum absolute atomic E-state index is 0.313. The highest BCUT2D eigenvalue weighted by Crippen LogP contribution is 1.98. The molecule has 0 amide bonds. The van der Waals surface area contributed by atoms with Gasteiger partial charge in [0.05, 0.1) is 0 Å². The highest BCUT2D eigenvalue weighted by Gasteiger charge is 1.87. The Bertz CT molecular complexity index is 108. The summed E-state index contributed by atoms with van der Waals surface area (Å²) in [6.45, 7) is 10.4. The fourth-order valence-electron chi connectivity index (χ4n) is 1.62. The first-order chi connectivity index (χ1) is 9.83. The average molecular weight is 290 g/mol. The van der Waals surface area contributed by atoms with Crippen molar-refractivity contribution in [2.45, 2.75) is 78.6 Å². The smallest absolute Gasteiger partial charge is 0.0466 e. The Morgan fingerprint density at radius 1 is 0.550 bits per heavy atom. The Morgan fingerprint density at radius 3 is 1.45 bits per heavy atom. The quantitative estimate of drug-likeness (QED) is 0.476. The lowest BCUT2D eigenvalue weighted by Crippen LogP contribution is -1.95. The number of aliphatic hydroxyl groups is 1. The maximum Gasteiger partial charge on any atom is 0.0466 e. The van der Waals surface area contributed by atoms with Gasteiger partial charge in [0.1, 0.15) is 0 Å². The van der Waals surface area contributed by atoms with Gasteiger partial charge in [0.15, 0.2) is 0 Å². The lowest BCUT2D eigenvalue weighted by atomic mass is 10.2. The van der Waals surface area contributed by atoms with Gasteiger partial charge < -0.3 is 14.6 Å². The Hall–Kier alpha value is -0.120. The van der Waals surface area contributed by atoms with Crippen LogP contribution in [0.5, 0.6) is 0 Å². The third kappa shape index (κ3) is 26.4. The van der Waals surface area contributed by atoms with Gasteiger partial charge in [-0.05, 0) is 38.5 Å². The van der Waals surface area contributed by atoms with Crippen molar-refractivity contribution in [3.05, 3.63) is 0 Å². The van der Waals surface area contributed by atoms with Crippen LogP contribution in [0.25, 0.3) is 0 Å².